The molecular formula is C14H19ClN2O4S. The van der Waals surface area contributed by atoms with Crippen LogP contribution < -0.4 is 5.73 Å². The van der Waals surface area contributed by atoms with Crippen molar-refractivity contribution in [1.82, 2.24) is 4.31 Å². The summed E-state index contributed by atoms with van der Waals surface area (Å²) in [6.45, 7) is 1.43. The number of benzene rings is 1. The molecule has 0 saturated carbocycles. The first-order valence-corrected chi connectivity index (χ1v) is 8.80. The molecule has 1 heterocycles. The molecule has 0 unspecified atom stereocenters. The molecule has 22 heavy (non-hydrogen) atoms. The van der Waals surface area contributed by atoms with E-state index in [1.165, 1.54) is 29.6 Å². The highest BCUT2D eigenvalue weighted by Crippen LogP contribution is 2.29. The number of carbonyl (C=O) groups is 1. The van der Waals surface area contributed by atoms with Gasteiger partial charge in [0.2, 0.25) is 10.0 Å². The highest BCUT2D eigenvalue weighted by molar-refractivity contribution is 7.89. The lowest BCUT2D eigenvalue weighted by Crippen LogP contribution is -2.40. The van der Waals surface area contributed by atoms with Gasteiger partial charge in [0.15, 0.2) is 0 Å². The minimum Gasteiger partial charge on any atom is -0.465 e. The number of sulfonamides is 1. The fraction of sp³-hybridized carbons (Fsp3) is 0.500. The normalized spacial score (nSPS) is 17.4. The summed E-state index contributed by atoms with van der Waals surface area (Å²) in [5.74, 6) is -0.196. The number of esters is 1. The second kappa shape index (κ2) is 6.95. The van der Waals surface area contributed by atoms with E-state index in [1.807, 2.05) is 0 Å². The van der Waals surface area contributed by atoms with Crippen molar-refractivity contribution in [3.63, 3.8) is 0 Å². The van der Waals surface area contributed by atoms with Crippen LogP contribution in [0.1, 0.15) is 23.2 Å². The molecular weight excluding hydrogens is 328 g/mol. The molecule has 0 bridgehead atoms. The van der Waals surface area contributed by atoms with Crippen LogP contribution in [0, 0.1) is 5.92 Å². The Morgan fingerprint density at radius 1 is 1.41 bits per heavy atom. The third-order valence-corrected chi connectivity index (χ3v) is 6.26. The third kappa shape index (κ3) is 3.43. The van der Waals surface area contributed by atoms with Crippen LogP contribution in [0.5, 0.6) is 0 Å². The lowest BCUT2D eigenvalue weighted by atomic mass is 9.99. The number of ether oxygens (including phenoxy) is 1. The average Bonchev–Trinajstić information content (AvgIpc) is 2.53. The molecule has 6 nitrogen and oxygen atoms in total. The van der Waals surface area contributed by atoms with E-state index in [9.17, 15) is 13.2 Å². The summed E-state index contributed by atoms with van der Waals surface area (Å²) in [6, 6.07) is 4.06. The number of nitrogens with two attached hydrogens (primary N) is 1. The minimum atomic E-state index is -3.67. The smallest absolute Gasteiger partial charge is 0.337 e. The van der Waals surface area contributed by atoms with Gasteiger partial charge < -0.3 is 10.5 Å². The Balaban J connectivity index is 2.25. The minimum absolute atomic E-state index is 0.00742. The molecule has 0 atom stereocenters. The molecule has 8 heteroatoms. The van der Waals surface area contributed by atoms with Gasteiger partial charge >= 0.3 is 5.97 Å². The molecule has 0 amide bonds. The molecule has 2 N–H and O–H groups in total. The van der Waals surface area contributed by atoms with E-state index in [2.05, 4.69) is 4.74 Å². The van der Waals surface area contributed by atoms with Gasteiger partial charge in [0.25, 0.3) is 0 Å². The molecule has 0 radical (unpaired) electrons. The molecule has 2 rings (SSSR count). The van der Waals surface area contributed by atoms with Crippen LogP contribution >= 0.6 is 11.6 Å². The predicted octanol–water partition coefficient (Wildman–Crippen LogP) is 1.49. The van der Waals surface area contributed by atoms with Crippen LogP contribution in [0.4, 0.5) is 0 Å². The molecule has 1 aromatic rings. The summed E-state index contributed by atoms with van der Waals surface area (Å²) in [4.78, 5) is 11.5. The summed E-state index contributed by atoms with van der Waals surface area (Å²) < 4.78 is 31.3. The van der Waals surface area contributed by atoms with Gasteiger partial charge in [-0.3, -0.25) is 0 Å². The van der Waals surface area contributed by atoms with Crippen molar-refractivity contribution in [2.75, 3.05) is 26.7 Å². The van der Waals surface area contributed by atoms with Gasteiger partial charge in [-0.15, -0.1) is 0 Å². The summed E-state index contributed by atoms with van der Waals surface area (Å²) in [5, 5.41) is 0.0175. The van der Waals surface area contributed by atoms with E-state index in [4.69, 9.17) is 17.3 Å². The standard InChI is InChI=1S/C14H19ClN2O4S/c1-21-14(18)11-2-3-13(12(15)8-11)22(19,20)17-6-4-10(9-16)5-7-17/h2-3,8,10H,4-7,9,16H2,1H3. The lowest BCUT2D eigenvalue weighted by molar-refractivity contribution is 0.0600. The number of carbonyl (C=O) groups excluding carboxylic acids is 1. The highest BCUT2D eigenvalue weighted by Gasteiger charge is 2.30. The second-order valence-electron chi connectivity index (χ2n) is 5.22. The number of nitrogens with zero attached hydrogens (tertiary/aromatic N) is 1. The Bertz CT molecular complexity index is 655. The zero-order valence-corrected chi connectivity index (χ0v) is 13.9. The molecule has 122 valence electrons. The van der Waals surface area contributed by atoms with Gasteiger partial charge in [0.1, 0.15) is 4.90 Å². The van der Waals surface area contributed by atoms with Crippen LogP contribution in [0.2, 0.25) is 5.02 Å². The first kappa shape index (κ1) is 17.2. The molecule has 1 saturated heterocycles. The highest BCUT2D eigenvalue weighted by atomic mass is 35.5. The number of rotatable bonds is 4. The number of methoxy groups -OCH3 is 1. The van der Waals surface area contributed by atoms with Crippen molar-refractivity contribution in [2.45, 2.75) is 17.7 Å². The van der Waals surface area contributed by atoms with Crippen LogP contribution in [-0.4, -0.2) is 45.4 Å². The molecule has 1 fully saturated rings. The maximum absolute atomic E-state index is 12.6. The van der Waals surface area contributed by atoms with E-state index >= 15 is 0 Å². The predicted molar refractivity (Wildman–Crippen MR) is 83.3 cm³/mol. The van der Waals surface area contributed by atoms with Crippen molar-refractivity contribution >= 4 is 27.6 Å². The van der Waals surface area contributed by atoms with Crippen molar-refractivity contribution in [3.8, 4) is 0 Å². The van der Waals surface area contributed by atoms with Crippen molar-refractivity contribution in [1.29, 1.82) is 0 Å². The van der Waals surface area contributed by atoms with Crippen LogP contribution in [0.15, 0.2) is 23.1 Å². The molecule has 0 aromatic heterocycles. The summed E-state index contributed by atoms with van der Waals surface area (Å²) in [7, 11) is -2.41. The summed E-state index contributed by atoms with van der Waals surface area (Å²) in [6.07, 6.45) is 1.49. The first-order chi connectivity index (χ1) is 10.4. The second-order valence-corrected chi connectivity index (χ2v) is 7.53. The van der Waals surface area contributed by atoms with Gasteiger partial charge in [0, 0.05) is 13.1 Å². The quantitative estimate of drug-likeness (QED) is 0.834. The topological polar surface area (TPSA) is 89.7 Å². The summed E-state index contributed by atoms with van der Waals surface area (Å²) in [5.41, 5.74) is 5.83. The van der Waals surface area contributed by atoms with E-state index in [0.717, 1.165) is 12.8 Å². The van der Waals surface area contributed by atoms with E-state index < -0.39 is 16.0 Å². The maximum Gasteiger partial charge on any atom is 0.337 e. The molecule has 1 aromatic carbocycles. The van der Waals surface area contributed by atoms with E-state index in [1.54, 1.807) is 0 Å². The number of hydrogen-bond donors (Lipinski definition) is 1. The Kier molecular flexibility index (Phi) is 5.44. The Morgan fingerprint density at radius 3 is 2.55 bits per heavy atom. The maximum atomic E-state index is 12.6. The monoisotopic (exact) mass is 346 g/mol. The van der Waals surface area contributed by atoms with E-state index in [-0.39, 0.29) is 15.5 Å². The zero-order valence-electron chi connectivity index (χ0n) is 12.3. The van der Waals surface area contributed by atoms with Crippen LogP contribution in [-0.2, 0) is 14.8 Å². The number of piperidine rings is 1. The van der Waals surface area contributed by atoms with Crippen LogP contribution in [0.3, 0.4) is 0 Å². The fourth-order valence-electron chi connectivity index (χ4n) is 2.48. The van der Waals surface area contributed by atoms with Gasteiger partial charge in [-0.05, 0) is 43.5 Å². The fourth-order valence-corrected chi connectivity index (χ4v) is 4.47. The Labute approximate surface area is 135 Å². The van der Waals surface area contributed by atoms with Crippen molar-refractivity contribution in [2.24, 2.45) is 11.7 Å². The number of hydrogen-bond acceptors (Lipinski definition) is 5. The SMILES string of the molecule is COC(=O)c1ccc(S(=O)(=O)N2CCC(CN)CC2)c(Cl)c1. The molecule has 0 spiro atoms. The van der Waals surface area contributed by atoms with Crippen molar-refractivity contribution in [3.05, 3.63) is 28.8 Å². The third-order valence-electron chi connectivity index (χ3n) is 3.88. The Hall–Kier alpha value is -1.15. The Morgan fingerprint density at radius 2 is 2.05 bits per heavy atom. The molecule has 0 aliphatic carbocycles. The van der Waals surface area contributed by atoms with Crippen LogP contribution in [0.25, 0.3) is 0 Å². The molecule has 1 aliphatic rings. The first-order valence-electron chi connectivity index (χ1n) is 6.98. The van der Waals surface area contributed by atoms with Gasteiger partial charge in [-0.1, -0.05) is 11.6 Å². The van der Waals surface area contributed by atoms with Crippen molar-refractivity contribution < 1.29 is 17.9 Å². The largest absolute Gasteiger partial charge is 0.465 e. The zero-order chi connectivity index (χ0) is 16.3. The number of halogens is 1. The average molecular weight is 347 g/mol. The van der Waals surface area contributed by atoms with Gasteiger partial charge in [-0.2, -0.15) is 4.31 Å². The van der Waals surface area contributed by atoms with E-state index in [0.29, 0.717) is 25.6 Å². The molecule has 1 aliphatic heterocycles. The lowest BCUT2D eigenvalue weighted by Gasteiger charge is -2.30. The van der Waals surface area contributed by atoms with Gasteiger partial charge in [-0.25, -0.2) is 13.2 Å². The summed E-state index contributed by atoms with van der Waals surface area (Å²) >= 11 is 6.06. The van der Waals surface area contributed by atoms with Gasteiger partial charge in [0.05, 0.1) is 17.7 Å².